The molecule has 0 unspecified atom stereocenters. The van der Waals surface area contributed by atoms with Crippen LogP contribution in [0.15, 0.2) is 66.7 Å². The minimum absolute atomic E-state index is 0.0455. The molecule has 2 aromatic carbocycles. The third-order valence-electron chi connectivity index (χ3n) is 10.3. The van der Waals surface area contributed by atoms with Crippen LogP contribution in [0.3, 0.4) is 0 Å². The molecular weight excluding hydrogens is 528 g/mol. The molecule has 6 nitrogen and oxygen atoms in total. The Hall–Kier alpha value is -2.61. The Morgan fingerprint density at radius 3 is 2.37 bits per heavy atom. The summed E-state index contributed by atoms with van der Waals surface area (Å²) >= 11 is 0. The van der Waals surface area contributed by atoms with Gasteiger partial charge in [-0.1, -0.05) is 75.4 Å². The number of ether oxygens (including phenoxy) is 2. The fourth-order valence-corrected chi connectivity index (χ4v) is 10.5. The molecule has 2 heterocycles. The van der Waals surface area contributed by atoms with Crippen molar-refractivity contribution >= 4 is 14.4 Å². The van der Waals surface area contributed by atoms with Gasteiger partial charge in [-0.2, -0.15) is 0 Å². The predicted octanol–water partition coefficient (Wildman–Crippen LogP) is 7.06. The molecule has 2 fully saturated rings. The topological polar surface area (TPSA) is 51.2 Å². The number of carbonyl (C=O) groups excluding carboxylic acids is 1. The summed E-state index contributed by atoms with van der Waals surface area (Å²) in [7, 11) is 1.79. The van der Waals surface area contributed by atoms with Gasteiger partial charge in [-0.15, -0.1) is 0 Å². The molecule has 1 spiro atoms. The van der Waals surface area contributed by atoms with E-state index in [1.807, 2.05) is 42.3 Å². The van der Waals surface area contributed by atoms with Gasteiger partial charge in [-0.3, -0.25) is 4.90 Å². The van der Waals surface area contributed by atoms with Gasteiger partial charge in [0, 0.05) is 37.1 Å². The SMILES string of the molecule is CC[Si](CC)(CC)O[C@H]1[C@@H]2C=CC[C@@]3(C[C@H](N(C)C(=O)OCc4ccccc4)CN3[C@H]1Cc1ccc(OC)cc1)C2. The summed E-state index contributed by atoms with van der Waals surface area (Å²) in [5.41, 5.74) is 2.36. The van der Waals surface area contributed by atoms with Crippen LogP contribution >= 0.6 is 0 Å². The first-order valence-electron chi connectivity index (χ1n) is 15.5. The van der Waals surface area contributed by atoms with Gasteiger partial charge < -0.3 is 18.8 Å². The van der Waals surface area contributed by atoms with Gasteiger partial charge in [0.2, 0.25) is 0 Å². The van der Waals surface area contributed by atoms with Crippen LogP contribution < -0.4 is 4.74 Å². The van der Waals surface area contributed by atoms with E-state index in [9.17, 15) is 4.79 Å². The Kier molecular flexibility index (Phi) is 9.26. The van der Waals surface area contributed by atoms with Gasteiger partial charge >= 0.3 is 6.09 Å². The van der Waals surface area contributed by atoms with E-state index in [4.69, 9.17) is 13.9 Å². The minimum atomic E-state index is -1.85. The van der Waals surface area contributed by atoms with Crippen LogP contribution in [0.5, 0.6) is 5.75 Å². The zero-order valence-electron chi connectivity index (χ0n) is 25.6. The van der Waals surface area contributed by atoms with E-state index in [1.54, 1.807) is 7.11 Å². The van der Waals surface area contributed by atoms with Crippen LogP contribution in [-0.4, -0.2) is 68.6 Å². The predicted molar refractivity (Wildman–Crippen MR) is 167 cm³/mol. The highest BCUT2D eigenvalue weighted by atomic mass is 28.4. The van der Waals surface area contributed by atoms with Gasteiger partial charge in [0.05, 0.1) is 13.2 Å². The van der Waals surface area contributed by atoms with Gasteiger partial charge in [-0.25, -0.2) is 4.79 Å². The Morgan fingerprint density at radius 2 is 1.71 bits per heavy atom. The van der Waals surface area contributed by atoms with E-state index in [2.05, 4.69) is 62.1 Å². The van der Waals surface area contributed by atoms with E-state index in [1.165, 1.54) is 5.56 Å². The summed E-state index contributed by atoms with van der Waals surface area (Å²) < 4.78 is 18.6. The first-order valence-corrected chi connectivity index (χ1v) is 18.1. The van der Waals surface area contributed by atoms with E-state index < -0.39 is 8.32 Å². The van der Waals surface area contributed by atoms with Crippen LogP contribution in [0, 0.1) is 5.92 Å². The van der Waals surface area contributed by atoms with Crippen LogP contribution in [0.2, 0.25) is 18.1 Å². The van der Waals surface area contributed by atoms with E-state index in [0.717, 1.165) is 61.7 Å². The summed E-state index contributed by atoms with van der Waals surface area (Å²) in [4.78, 5) is 17.8. The molecule has 1 aliphatic carbocycles. The fraction of sp³-hybridized carbons (Fsp3) is 0.559. The van der Waals surface area contributed by atoms with Crippen molar-refractivity contribution in [3.63, 3.8) is 0 Å². The number of hydrogen-bond acceptors (Lipinski definition) is 5. The van der Waals surface area contributed by atoms with E-state index in [0.29, 0.717) is 12.5 Å². The number of hydrogen-bond donors (Lipinski definition) is 0. The number of fused-ring (bicyclic) bond motifs is 1. The third-order valence-corrected chi connectivity index (χ3v) is 14.9. The van der Waals surface area contributed by atoms with Crippen LogP contribution in [-0.2, 0) is 22.2 Å². The standard InChI is InChI=1S/C34H48N2O4Si/c1-6-41(7-2,8-3)40-32-28-15-12-20-34(22-28)23-29(35(4)33(37)39-25-27-13-10-9-11-14-27)24-36(34)31(32)21-26-16-18-30(38-5)19-17-26/h9-19,28-29,31-32H,6-8,20-25H2,1-5H3/t28-,29+,31+,32+,34+/m1/s1. The molecule has 0 saturated carbocycles. The Labute approximate surface area is 247 Å². The number of rotatable bonds is 11. The fourth-order valence-electron chi connectivity index (χ4n) is 7.58. The molecule has 5 atom stereocenters. The van der Waals surface area contributed by atoms with Crippen LogP contribution in [0.4, 0.5) is 4.79 Å². The molecule has 7 heteroatoms. The summed E-state index contributed by atoms with van der Waals surface area (Å²) in [6.45, 7) is 8.11. The molecule has 0 radical (unpaired) electrons. The van der Waals surface area contributed by atoms with Crippen LogP contribution in [0.1, 0.15) is 51.2 Å². The maximum Gasteiger partial charge on any atom is 0.410 e. The van der Waals surface area contributed by atoms with Gasteiger partial charge in [-0.05, 0) is 67.1 Å². The third kappa shape index (κ3) is 6.13. The number of benzene rings is 2. The molecule has 1 amide bonds. The number of nitrogens with zero attached hydrogens (tertiary/aromatic N) is 2. The van der Waals surface area contributed by atoms with Gasteiger partial charge in [0.1, 0.15) is 12.4 Å². The Morgan fingerprint density at radius 1 is 1.00 bits per heavy atom. The molecule has 2 aliphatic heterocycles. The number of methoxy groups -OCH3 is 1. The van der Waals surface area contributed by atoms with Crippen molar-refractivity contribution in [2.45, 2.75) is 94.9 Å². The quantitative estimate of drug-likeness (QED) is 0.212. The molecule has 222 valence electrons. The van der Waals surface area contributed by atoms with Crippen molar-refractivity contribution in [2.24, 2.45) is 5.92 Å². The summed E-state index contributed by atoms with van der Waals surface area (Å²) in [6, 6.07) is 22.2. The number of carbonyl (C=O) groups is 1. The smallest absolute Gasteiger partial charge is 0.410 e. The normalized spacial score (nSPS) is 27.3. The van der Waals surface area contributed by atoms with Crippen molar-refractivity contribution in [2.75, 3.05) is 20.7 Å². The van der Waals surface area contributed by atoms with Crippen molar-refractivity contribution in [3.05, 3.63) is 77.9 Å². The second-order valence-electron chi connectivity index (χ2n) is 12.3. The number of piperidine rings is 1. The lowest BCUT2D eigenvalue weighted by atomic mass is 9.69. The summed E-state index contributed by atoms with van der Waals surface area (Å²) in [5, 5.41) is 0. The van der Waals surface area contributed by atoms with E-state index in [-0.39, 0.29) is 29.8 Å². The number of amides is 1. The average Bonchev–Trinajstić information content (AvgIpc) is 3.38. The van der Waals surface area contributed by atoms with Crippen molar-refractivity contribution in [1.82, 2.24) is 9.80 Å². The van der Waals surface area contributed by atoms with Crippen molar-refractivity contribution in [1.29, 1.82) is 0 Å². The second-order valence-corrected chi connectivity index (χ2v) is 17.1. The van der Waals surface area contributed by atoms with Gasteiger partial charge in [0.25, 0.3) is 0 Å². The van der Waals surface area contributed by atoms with Crippen LogP contribution in [0.25, 0.3) is 0 Å². The Balaban J connectivity index is 1.41. The first kappa shape index (κ1) is 29.9. The molecular formula is C34H48N2O4Si. The lowest BCUT2D eigenvalue weighted by Gasteiger charge is -2.56. The van der Waals surface area contributed by atoms with Crippen molar-refractivity contribution < 1.29 is 18.7 Å². The first-order chi connectivity index (χ1) is 19.9. The molecule has 2 bridgehead atoms. The molecule has 5 rings (SSSR count). The molecule has 3 aliphatic rings. The maximum absolute atomic E-state index is 13.2. The maximum atomic E-state index is 13.2. The average molecular weight is 577 g/mol. The minimum Gasteiger partial charge on any atom is -0.497 e. The molecule has 2 saturated heterocycles. The lowest BCUT2D eigenvalue weighted by Crippen LogP contribution is -2.65. The monoisotopic (exact) mass is 576 g/mol. The summed E-state index contributed by atoms with van der Waals surface area (Å²) in [5.74, 6) is 1.28. The highest BCUT2D eigenvalue weighted by Gasteiger charge is 2.58. The largest absolute Gasteiger partial charge is 0.497 e. The molecule has 2 aromatic rings. The zero-order chi connectivity index (χ0) is 29.0. The van der Waals surface area contributed by atoms with Gasteiger partial charge in [0.15, 0.2) is 8.32 Å². The zero-order valence-corrected chi connectivity index (χ0v) is 26.6. The second kappa shape index (κ2) is 12.7. The lowest BCUT2D eigenvalue weighted by molar-refractivity contribution is -0.0690. The number of likely N-dealkylation sites (N-methyl/N-ethyl adjacent to an activating group) is 1. The highest BCUT2D eigenvalue weighted by molar-refractivity contribution is 6.73. The molecule has 0 aromatic heterocycles. The summed E-state index contributed by atoms with van der Waals surface area (Å²) in [6.07, 6.45) is 8.76. The molecule has 41 heavy (non-hydrogen) atoms. The van der Waals surface area contributed by atoms with E-state index >= 15 is 0 Å². The highest BCUT2D eigenvalue weighted by Crippen LogP contribution is 2.51. The van der Waals surface area contributed by atoms with Crippen molar-refractivity contribution in [3.8, 4) is 5.75 Å². The Bertz CT molecular complexity index is 1180. The molecule has 0 N–H and O–H groups in total.